The Morgan fingerprint density at radius 1 is 1.08 bits per heavy atom. The average Bonchev–Trinajstić information content (AvgIpc) is 2.70. The molecule has 2 N–H and O–H groups in total. The van der Waals surface area contributed by atoms with Crippen LogP contribution in [0.1, 0.15) is 22.3 Å². The normalized spacial score (nSPS) is 11.5. The number of nitrogens with one attached hydrogen (secondary N) is 2. The fraction of sp³-hybridized carbons (Fsp3) is 0.300. The first-order valence-electron chi connectivity index (χ1n) is 8.39. The van der Waals surface area contributed by atoms with Crippen LogP contribution < -0.4 is 15.4 Å². The van der Waals surface area contributed by atoms with E-state index in [1.807, 2.05) is 36.6 Å². The molecule has 0 aromatic heterocycles. The molecule has 0 bridgehead atoms. The maximum atomic E-state index is 12.5. The Kier molecular flexibility index (Phi) is 8.02. The van der Waals surface area contributed by atoms with Gasteiger partial charge in [0.15, 0.2) is 0 Å². The molecule has 2 aromatic carbocycles. The molecule has 0 spiro atoms. The van der Waals surface area contributed by atoms with E-state index in [2.05, 4.69) is 10.6 Å². The SMILES string of the molecule is COc1ccc(C(=O)N[C@H](CCSC)C(=O)NCc2ccccc2)cc1. The Balaban J connectivity index is 1.98. The summed E-state index contributed by atoms with van der Waals surface area (Å²) < 4.78 is 5.10. The third kappa shape index (κ3) is 6.11. The van der Waals surface area contributed by atoms with Crippen molar-refractivity contribution in [2.24, 2.45) is 0 Å². The van der Waals surface area contributed by atoms with Gasteiger partial charge in [0.1, 0.15) is 11.8 Å². The van der Waals surface area contributed by atoms with Gasteiger partial charge in [-0.05, 0) is 48.3 Å². The molecular weight excluding hydrogens is 348 g/mol. The summed E-state index contributed by atoms with van der Waals surface area (Å²) in [6.07, 6.45) is 2.55. The summed E-state index contributed by atoms with van der Waals surface area (Å²) in [4.78, 5) is 25.0. The Bertz CT molecular complexity index is 705. The lowest BCUT2D eigenvalue weighted by molar-refractivity contribution is -0.123. The van der Waals surface area contributed by atoms with Gasteiger partial charge >= 0.3 is 0 Å². The summed E-state index contributed by atoms with van der Waals surface area (Å²) >= 11 is 1.64. The molecule has 0 heterocycles. The Hall–Kier alpha value is -2.47. The number of thioether (sulfide) groups is 1. The molecule has 26 heavy (non-hydrogen) atoms. The molecule has 0 radical (unpaired) electrons. The lowest BCUT2D eigenvalue weighted by Gasteiger charge is -2.18. The molecule has 138 valence electrons. The van der Waals surface area contributed by atoms with Crippen LogP contribution in [-0.2, 0) is 11.3 Å². The molecule has 0 saturated heterocycles. The van der Waals surface area contributed by atoms with Crippen molar-refractivity contribution in [2.45, 2.75) is 19.0 Å². The summed E-state index contributed by atoms with van der Waals surface area (Å²) in [5, 5.41) is 5.74. The number of amides is 2. The minimum Gasteiger partial charge on any atom is -0.497 e. The lowest BCUT2D eigenvalue weighted by Crippen LogP contribution is -2.46. The van der Waals surface area contributed by atoms with Gasteiger partial charge in [-0.2, -0.15) is 11.8 Å². The molecular formula is C20H24N2O3S. The highest BCUT2D eigenvalue weighted by molar-refractivity contribution is 7.98. The molecule has 1 atom stereocenters. The van der Waals surface area contributed by atoms with Gasteiger partial charge < -0.3 is 15.4 Å². The second kappa shape index (κ2) is 10.5. The predicted octanol–water partition coefficient (Wildman–Crippen LogP) is 2.86. The van der Waals surface area contributed by atoms with Crippen LogP contribution in [0.3, 0.4) is 0 Å². The van der Waals surface area contributed by atoms with Crippen molar-refractivity contribution < 1.29 is 14.3 Å². The van der Waals surface area contributed by atoms with Gasteiger partial charge in [0, 0.05) is 12.1 Å². The van der Waals surface area contributed by atoms with E-state index in [9.17, 15) is 9.59 Å². The van der Waals surface area contributed by atoms with Crippen molar-refractivity contribution >= 4 is 23.6 Å². The summed E-state index contributed by atoms with van der Waals surface area (Å²) in [6, 6.07) is 15.9. The first-order valence-corrected chi connectivity index (χ1v) is 9.79. The maximum absolute atomic E-state index is 12.5. The largest absolute Gasteiger partial charge is 0.497 e. The zero-order valence-electron chi connectivity index (χ0n) is 15.0. The van der Waals surface area contributed by atoms with E-state index in [1.54, 1.807) is 43.1 Å². The number of methoxy groups -OCH3 is 1. The highest BCUT2D eigenvalue weighted by Crippen LogP contribution is 2.12. The second-order valence-electron chi connectivity index (χ2n) is 5.74. The number of carbonyl (C=O) groups is 2. The average molecular weight is 372 g/mol. The fourth-order valence-electron chi connectivity index (χ4n) is 2.40. The Labute approximate surface area is 158 Å². The van der Waals surface area contributed by atoms with E-state index in [0.717, 1.165) is 11.3 Å². The van der Waals surface area contributed by atoms with Crippen molar-refractivity contribution in [1.82, 2.24) is 10.6 Å². The highest BCUT2D eigenvalue weighted by Gasteiger charge is 2.21. The van der Waals surface area contributed by atoms with Crippen LogP contribution in [0.2, 0.25) is 0 Å². The van der Waals surface area contributed by atoms with Crippen molar-refractivity contribution in [3.63, 3.8) is 0 Å². The van der Waals surface area contributed by atoms with E-state index in [-0.39, 0.29) is 11.8 Å². The van der Waals surface area contributed by atoms with Gasteiger partial charge in [0.05, 0.1) is 7.11 Å². The summed E-state index contributed by atoms with van der Waals surface area (Å²) in [5.41, 5.74) is 1.52. The first kappa shape index (κ1) is 19.8. The molecule has 0 unspecified atom stereocenters. The van der Waals surface area contributed by atoms with E-state index >= 15 is 0 Å². The third-order valence-electron chi connectivity index (χ3n) is 3.89. The van der Waals surface area contributed by atoms with E-state index < -0.39 is 6.04 Å². The molecule has 6 heteroatoms. The van der Waals surface area contributed by atoms with Crippen molar-refractivity contribution in [2.75, 3.05) is 19.1 Å². The van der Waals surface area contributed by atoms with Gasteiger partial charge in [-0.25, -0.2) is 0 Å². The number of benzene rings is 2. The second-order valence-corrected chi connectivity index (χ2v) is 6.73. The molecule has 0 aliphatic heterocycles. The van der Waals surface area contributed by atoms with Gasteiger partial charge in [0.2, 0.25) is 5.91 Å². The monoisotopic (exact) mass is 372 g/mol. The highest BCUT2D eigenvalue weighted by atomic mass is 32.2. The first-order chi connectivity index (χ1) is 12.6. The lowest BCUT2D eigenvalue weighted by atomic mass is 10.1. The minimum absolute atomic E-state index is 0.176. The summed E-state index contributed by atoms with van der Waals surface area (Å²) in [6.45, 7) is 0.438. The standard InChI is InChI=1S/C20H24N2O3S/c1-25-17-10-8-16(9-11-17)19(23)22-18(12-13-26-2)20(24)21-14-15-6-4-3-5-7-15/h3-11,18H,12-14H2,1-2H3,(H,21,24)(H,22,23)/t18-/m1/s1. The van der Waals surface area contributed by atoms with Crippen molar-refractivity contribution in [3.8, 4) is 5.75 Å². The zero-order chi connectivity index (χ0) is 18.8. The topological polar surface area (TPSA) is 67.4 Å². The van der Waals surface area contributed by atoms with Crippen molar-refractivity contribution in [3.05, 3.63) is 65.7 Å². The Morgan fingerprint density at radius 3 is 2.38 bits per heavy atom. The summed E-state index contributed by atoms with van der Waals surface area (Å²) in [7, 11) is 1.57. The molecule has 0 saturated carbocycles. The van der Waals surface area contributed by atoms with Crippen LogP contribution in [0.5, 0.6) is 5.75 Å². The van der Waals surface area contributed by atoms with Crippen molar-refractivity contribution in [1.29, 1.82) is 0 Å². The van der Waals surface area contributed by atoms with E-state index in [0.29, 0.717) is 24.3 Å². The van der Waals surface area contributed by atoms with Gasteiger partial charge in [0.25, 0.3) is 5.91 Å². The van der Waals surface area contributed by atoms with Crippen LogP contribution in [0.25, 0.3) is 0 Å². The van der Waals surface area contributed by atoms with Crippen LogP contribution in [0.4, 0.5) is 0 Å². The van der Waals surface area contributed by atoms with Crippen LogP contribution in [-0.4, -0.2) is 37.0 Å². The molecule has 5 nitrogen and oxygen atoms in total. The zero-order valence-corrected chi connectivity index (χ0v) is 15.8. The van der Waals surface area contributed by atoms with Gasteiger partial charge in [-0.15, -0.1) is 0 Å². The Morgan fingerprint density at radius 2 is 1.77 bits per heavy atom. The molecule has 2 aromatic rings. The van der Waals surface area contributed by atoms with Crippen LogP contribution >= 0.6 is 11.8 Å². The maximum Gasteiger partial charge on any atom is 0.251 e. The number of carbonyl (C=O) groups excluding carboxylic acids is 2. The predicted molar refractivity (Wildman–Crippen MR) is 106 cm³/mol. The quantitative estimate of drug-likeness (QED) is 0.710. The molecule has 2 rings (SSSR count). The van der Waals surface area contributed by atoms with Gasteiger partial charge in [-0.3, -0.25) is 9.59 Å². The summed E-state index contributed by atoms with van der Waals surface area (Å²) in [5.74, 6) is 1.02. The smallest absolute Gasteiger partial charge is 0.251 e. The molecule has 0 fully saturated rings. The third-order valence-corrected chi connectivity index (χ3v) is 4.54. The molecule has 2 amide bonds. The number of ether oxygens (including phenoxy) is 1. The van der Waals surface area contributed by atoms with E-state index in [4.69, 9.17) is 4.74 Å². The number of rotatable bonds is 9. The minimum atomic E-state index is -0.569. The van der Waals surface area contributed by atoms with E-state index in [1.165, 1.54) is 0 Å². The number of hydrogen-bond acceptors (Lipinski definition) is 4. The van der Waals surface area contributed by atoms with Gasteiger partial charge in [-0.1, -0.05) is 30.3 Å². The van der Waals surface area contributed by atoms with Crippen LogP contribution in [0.15, 0.2) is 54.6 Å². The molecule has 0 aliphatic rings. The fourth-order valence-corrected chi connectivity index (χ4v) is 2.87. The molecule has 0 aliphatic carbocycles. The van der Waals surface area contributed by atoms with Crippen LogP contribution in [0, 0.1) is 0 Å². The number of hydrogen-bond donors (Lipinski definition) is 2.